The highest BCUT2D eigenvalue weighted by atomic mass is 32.2. The first-order chi connectivity index (χ1) is 8.07. The van der Waals surface area contributed by atoms with E-state index in [0.29, 0.717) is 11.6 Å². The Morgan fingerprint density at radius 1 is 1.47 bits per heavy atom. The molecular formula is C14H30N2S. The molecular weight excluding hydrogens is 228 g/mol. The number of nitrogens with zero attached hydrogens (tertiary/aromatic N) is 1. The quantitative estimate of drug-likeness (QED) is 0.789. The molecule has 0 aromatic rings. The Morgan fingerprint density at radius 2 is 2.18 bits per heavy atom. The molecule has 0 saturated carbocycles. The zero-order valence-corrected chi connectivity index (χ0v) is 13.1. The third-order valence-corrected chi connectivity index (χ3v) is 5.17. The Labute approximate surface area is 112 Å². The lowest BCUT2D eigenvalue weighted by molar-refractivity contribution is 0.0422. The van der Waals surface area contributed by atoms with Gasteiger partial charge in [-0.3, -0.25) is 4.90 Å². The molecule has 3 unspecified atom stereocenters. The van der Waals surface area contributed by atoms with E-state index in [1.54, 1.807) is 0 Å². The molecule has 0 aliphatic carbocycles. The summed E-state index contributed by atoms with van der Waals surface area (Å²) in [4.78, 5) is 2.72. The van der Waals surface area contributed by atoms with Crippen LogP contribution in [0.1, 0.15) is 40.5 Å². The number of piperazine rings is 1. The summed E-state index contributed by atoms with van der Waals surface area (Å²) in [5.41, 5.74) is 0.361. The van der Waals surface area contributed by atoms with E-state index in [4.69, 9.17) is 0 Å². The van der Waals surface area contributed by atoms with E-state index in [1.807, 2.05) is 11.8 Å². The Morgan fingerprint density at radius 3 is 2.71 bits per heavy atom. The van der Waals surface area contributed by atoms with Gasteiger partial charge < -0.3 is 5.32 Å². The maximum Gasteiger partial charge on any atom is 0.0304 e. The van der Waals surface area contributed by atoms with Crippen molar-refractivity contribution in [2.45, 2.75) is 52.1 Å². The molecule has 0 radical (unpaired) electrons. The van der Waals surface area contributed by atoms with Crippen LogP contribution in [0.25, 0.3) is 0 Å². The molecule has 0 amide bonds. The maximum atomic E-state index is 3.77. The Hall–Kier alpha value is 0.270. The van der Waals surface area contributed by atoms with Gasteiger partial charge in [-0.1, -0.05) is 27.2 Å². The van der Waals surface area contributed by atoms with Crippen LogP contribution in [-0.4, -0.2) is 48.1 Å². The number of thioether (sulfide) groups is 1. The first kappa shape index (κ1) is 15.3. The summed E-state index contributed by atoms with van der Waals surface area (Å²) in [7, 11) is 0. The van der Waals surface area contributed by atoms with Gasteiger partial charge in [0.1, 0.15) is 0 Å². The molecule has 0 aromatic carbocycles. The Bertz CT molecular complexity index is 222. The summed E-state index contributed by atoms with van der Waals surface area (Å²) in [5, 5.41) is 3.77. The molecule has 1 rings (SSSR count). The molecule has 1 heterocycles. The highest BCUT2D eigenvalue weighted by molar-refractivity contribution is 7.98. The van der Waals surface area contributed by atoms with E-state index in [9.17, 15) is 0 Å². The van der Waals surface area contributed by atoms with Gasteiger partial charge >= 0.3 is 0 Å². The smallest absolute Gasteiger partial charge is 0.0304 e. The fourth-order valence-corrected chi connectivity index (χ4v) is 2.97. The predicted octanol–water partition coefficient (Wildman–Crippen LogP) is 2.84. The largest absolute Gasteiger partial charge is 0.311 e. The number of hydrogen-bond donors (Lipinski definition) is 1. The molecule has 0 bridgehead atoms. The van der Waals surface area contributed by atoms with Crippen molar-refractivity contribution in [2.24, 2.45) is 5.92 Å². The maximum absolute atomic E-state index is 3.77. The SMILES string of the molecule is CCC(C)C1CN(CCSC)C(C)(CC)CN1. The number of nitrogens with one attached hydrogen (secondary N) is 1. The lowest BCUT2D eigenvalue weighted by atomic mass is 9.88. The fourth-order valence-electron chi connectivity index (χ4n) is 2.56. The normalized spacial score (nSPS) is 32.6. The summed E-state index contributed by atoms with van der Waals surface area (Å²) < 4.78 is 0. The van der Waals surface area contributed by atoms with Gasteiger partial charge in [-0.2, -0.15) is 11.8 Å². The molecule has 0 spiro atoms. The molecule has 1 saturated heterocycles. The van der Waals surface area contributed by atoms with Crippen molar-refractivity contribution < 1.29 is 0 Å². The van der Waals surface area contributed by atoms with Crippen LogP contribution in [0.5, 0.6) is 0 Å². The molecule has 2 nitrogen and oxygen atoms in total. The van der Waals surface area contributed by atoms with Gasteiger partial charge in [-0.25, -0.2) is 0 Å². The minimum Gasteiger partial charge on any atom is -0.311 e. The van der Waals surface area contributed by atoms with Crippen molar-refractivity contribution >= 4 is 11.8 Å². The minimum absolute atomic E-state index is 0.361. The zero-order valence-electron chi connectivity index (χ0n) is 12.3. The van der Waals surface area contributed by atoms with E-state index in [-0.39, 0.29) is 0 Å². The summed E-state index contributed by atoms with van der Waals surface area (Å²) in [6.45, 7) is 13.0. The van der Waals surface area contributed by atoms with Crippen molar-refractivity contribution in [1.29, 1.82) is 0 Å². The summed E-state index contributed by atoms with van der Waals surface area (Å²) >= 11 is 1.96. The second kappa shape index (κ2) is 7.01. The first-order valence-corrected chi connectivity index (χ1v) is 8.44. The Balaban J connectivity index is 2.63. The van der Waals surface area contributed by atoms with E-state index in [2.05, 4.69) is 44.2 Å². The van der Waals surface area contributed by atoms with Crippen LogP contribution >= 0.6 is 11.8 Å². The van der Waals surface area contributed by atoms with Crippen molar-refractivity contribution in [3.05, 3.63) is 0 Å². The van der Waals surface area contributed by atoms with E-state index < -0.39 is 0 Å². The van der Waals surface area contributed by atoms with Gasteiger partial charge in [0.15, 0.2) is 0 Å². The van der Waals surface area contributed by atoms with Crippen molar-refractivity contribution in [1.82, 2.24) is 10.2 Å². The van der Waals surface area contributed by atoms with Crippen molar-refractivity contribution in [3.63, 3.8) is 0 Å². The molecule has 0 aromatic heterocycles. The number of hydrogen-bond acceptors (Lipinski definition) is 3. The van der Waals surface area contributed by atoms with Crippen LogP contribution < -0.4 is 5.32 Å². The average Bonchev–Trinajstić information content (AvgIpc) is 2.36. The highest BCUT2D eigenvalue weighted by Crippen LogP contribution is 2.25. The molecule has 3 heteroatoms. The van der Waals surface area contributed by atoms with Crippen LogP contribution in [0.3, 0.4) is 0 Å². The lowest BCUT2D eigenvalue weighted by Crippen LogP contribution is -2.64. The monoisotopic (exact) mass is 258 g/mol. The predicted molar refractivity (Wildman–Crippen MR) is 79.9 cm³/mol. The third kappa shape index (κ3) is 3.87. The van der Waals surface area contributed by atoms with Gasteiger partial charge in [-0.05, 0) is 25.5 Å². The summed E-state index contributed by atoms with van der Waals surface area (Å²) in [6.07, 6.45) is 4.72. The lowest BCUT2D eigenvalue weighted by Gasteiger charge is -2.49. The standard InChI is InChI=1S/C14H30N2S/c1-6-12(3)13-10-16(8-9-17-5)14(4,7-2)11-15-13/h12-13,15H,6-11H2,1-5H3. The second-order valence-corrected chi connectivity index (χ2v) is 6.65. The first-order valence-electron chi connectivity index (χ1n) is 7.04. The average molecular weight is 258 g/mol. The fraction of sp³-hybridized carbons (Fsp3) is 1.00. The molecule has 17 heavy (non-hydrogen) atoms. The van der Waals surface area contributed by atoms with Gasteiger partial charge in [0.05, 0.1) is 0 Å². The van der Waals surface area contributed by atoms with Crippen LogP contribution in [0.4, 0.5) is 0 Å². The topological polar surface area (TPSA) is 15.3 Å². The summed E-state index contributed by atoms with van der Waals surface area (Å²) in [5.74, 6) is 2.04. The molecule has 1 N–H and O–H groups in total. The zero-order chi connectivity index (χ0) is 12.9. The van der Waals surface area contributed by atoms with Gasteiger partial charge in [0.25, 0.3) is 0 Å². The van der Waals surface area contributed by atoms with Crippen LogP contribution in [0.2, 0.25) is 0 Å². The van der Waals surface area contributed by atoms with E-state index in [1.165, 1.54) is 31.7 Å². The van der Waals surface area contributed by atoms with Gasteiger partial charge in [0, 0.05) is 37.0 Å². The molecule has 1 aliphatic heterocycles. The van der Waals surface area contributed by atoms with Gasteiger partial charge in [0.2, 0.25) is 0 Å². The van der Waals surface area contributed by atoms with Crippen molar-refractivity contribution in [2.75, 3.05) is 31.6 Å². The van der Waals surface area contributed by atoms with E-state index in [0.717, 1.165) is 12.5 Å². The molecule has 1 fully saturated rings. The Kier molecular flexibility index (Phi) is 6.32. The third-order valence-electron chi connectivity index (χ3n) is 4.58. The minimum atomic E-state index is 0.361. The summed E-state index contributed by atoms with van der Waals surface area (Å²) in [6, 6.07) is 0.682. The highest BCUT2D eigenvalue weighted by Gasteiger charge is 2.36. The van der Waals surface area contributed by atoms with Gasteiger partial charge in [-0.15, -0.1) is 0 Å². The molecule has 102 valence electrons. The number of rotatable bonds is 6. The van der Waals surface area contributed by atoms with Crippen LogP contribution in [-0.2, 0) is 0 Å². The molecule has 3 atom stereocenters. The van der Waals surface area contributed by atoms with E-state index >= 15 is 0 Å². The van der Waals surface area contributed by atoms with Crippen LogP contribution in [0, 0.1) is 5.92 Å². The van der Waals surface area contributed by atoms with Crippen molar-refractivity contribution in [3.8, 4) is 0 Å². The second-order valence-electron chi connectivity index (χ2n) is 5.66. The van der Waals surface area contributed by atoms with Crippen LogP contribution in [0.15, 0.2) is 0 Å². The molecule has 1 aliphatic rings.